The van der Waals surface area contributed by atoms with Crippen LogP contribution in [0.25, 0.3) is 15.8 Å². The first kappa shape index (κ1) is 15.2. The van der Waals surface area contributed by atoms with Gasteiger partial charge in [-0.15, -0.1) is 11.3 Å². The quantitative estimate of drug-likeness (QED) is 0.642. The van der Waals surface area contributed by atoms with Crippen LogP contribution in [-0.4, -0.2) is 18.3 Å². The number of anilines is 2. The normalized spacial score (nSPS) is 11.5. The Morgan fingerprint density at radius 1 is 1.22 bits per heavy atom. The summed E-state index contributed by atoms with van der Waals surface area (Å²) < 4.78 is 6.49. The van der Waals surface area contributed by atoms with Crippen LogP contribution in [0, 0.1) is 5.41 Å². The summed E-state index contributed by atoms with van der Waals surface area (Å²) in [6.07, 6.45) is 3.22. The van der Waals surface area contributed by atoms with Crippen molar-refractivity contribution in [3.8, 4) is 5.75 Å². The predicted octanol–water partition coefficient (Wildman–Crippen LogP) is 5.10. The van der Waals surface area contributed by atoms with E-state index in [9.17, 15) is 0 Å². The maximum Gasteiger partial charge on any atom is 0.142 e. The topological polar surface area (TPSA) is 58.0 Å². The zero-order valence-electron chi connectivity index (χ0n) is 13.0. The fourth-order valence-corrected chi connectivity index (χ4v) is 3.19. The van der Waals surface area contributed by atoms with Gasteiger partial charge in [0.15, 0.2) is 0 Å². The largest absolute Gasteiger partial charge is 0.495 e. The van der Waals surface area contributed by atoms with Crippen LogP contribution in [0.15, 0.2) is 47.9 Å². The van der Waals surface area contributed by atoms with E-state index in [4.69, 9.17) is 15.1 Å². The van der Waals surface area contributed by atoms with Gasteiger partial charge in [-0.05, 0) is 31.2 Å². The Bertz CT molecular complexity index is 883. The van der Waals surface area contributed by atoms with Gasteiger partial charge < -0.3 is 15.5 Å². The average Bonchev–Trinajstić information content (AvgIpc) is 2.99. The number of rotatable bonds is 5. The lowest BCUT2D eigenvalue weighted by Gasteiger charge is -2.10. The number of nitrogens with zero attached hydrogens (tertiary/aromatic N) is 1. The number of benzene rings is 1. The number of aromatic nitrogens is 1. The van der Waals surface area contributed by atoms with Crippen molar-refractivity contribution < 1.29 is 4.74 Å². The first-order valence-corrected chi connectivity index (χ1v) is 8.10. The Hall–Kier alpha value is -2.66. The molecule has 0 aliphatic carbocycles. The minimum absolute atomic E-state index is 0.789. The first-order valence-electron chi connectivity index (χ1n) is 7.22. The fourth-order valence-electron chi connectivity index (χ4n) is 2.36. The van der Waals surface area contributed by atoms with Gasteiger partial charge in [-0.2, -0.15) is 0 Å². The Balaban J connectivity index is 2.04. The van der Waals surface area contributed by atoms with Gasteiger partial charge >= 0.3 is 0 Å². The number of thiophene rings is 1. The molecule has 116 valence electrons. The molecular weight excluding hydrogens is 306 g/mol. The number of allylic oxidation sites excluding steroid dienone is 2. The maximum atomic E-state index is 7.49. The average molecular weight is 323 g/mol. The molecule has 2 aromatic heterocycles. The molecular formula is C18H17N3OS. The van der Waals surface area contributed by atoms with E-state index < -0.39 is 0 Å². The van der Waals surface area contributed by atoms with E-state index in [1.54, 1.807) is 18.4 Å². The molecule has 5 heteroatoms. The number of ether oxygens (including phenoxy) is 1. The summed E-state index contributed by atoms with van der Waals surface area (Å²) in [6, 6.07) is 11.8. The molecule has 0 spiro atoms. The molecule has 1 aromatic carbocycles. The second kappa shape index (κ2) is 6.62. The lowest BCUT2D eigenvalue weighted by atomic mass is 10.1. The standard InChI is InChI=1S/C18H17N3OS/c1-3-12(10-19)13-8-9-17-18(21-13)15(11-23-17)20-14-6-4-5-7-16(14)22-2/h3-11,19-20H,1-2H3/b12-3+,19-10?. The predicted molar refractivity (Wildman–Crippen MR) is 98.3 cm³/mol. The summed E-state index contributed by atoms with van der Waals surface area (Å²) in [6.45, 7) is 1.91. The van der Waals surface area contributed by atoms with E-state index >= 15 is 0 Å². The molecule has 0 atom stereocenters. The van der Waals surface area contributed by atoms with Crippen molar-refractivity contribution in [2.45, 2.75) is 6.92 Å². The van der Waals surface area contributed by atoms with E-state index in [1.807, 2.05) is 54.8 Å². The van der Waals surface area contributed by atoms with E-state index in [2.05, 4.69) is 5.32 Å². The fraction of sp³-hybridized carbons (Fsp3) is 0.111. The highest BCUT2D eigenvalue weighted by molar-refractivity contribution is 7.17. The third kappa shape index (κ3) is 2.96. The monoisotopic (exact) mass is 323 g/mol. The smallest absolute Gasteiger partial charge is 0.142 e. The number of para-hydroxylation sites is 2. The molecule has 3 aromatic rings. The van der Waals surface area contributed by atoms with Crippen molar-refractivity contribution in [3.05, 3.63) is 53.5 Å². The van der Waals surface area contributed by atoms with Gasteiger partial charge in [-0.1, -0.05) is 18.2 Å². The van der Waals surface area contributed by atoms with Crippen molar-refractivity contribution >= 4 is 44.7 Å². The number of nitrogens with one attached hydrogen (secondary N) is 2. The molecule has 0 saturated heterocycles. The number of pyridine rings is 1. The lowest BCUT2D eigenvalue weighted by Crippen LogP contribution is -1.95. The molecule has 0 radical (unpaired) electrons. The molecule has 4 nitrogen and oxygen atoms in total. The van der Waals surface area contributed by atoms with Crippen molar-refractivity contribution in [1.82, 2.24) is 4.98 Å². The van der Waals surface area contributed by atoms with Gasteiger partial charge in [0, 0.05) is 17.2 Å². The third-order valence-electron chi connectivity index (χ3n) is 3.56. The molecule has 0 aliphatic rings. The molecule has 2 heterocycles. The molecule has 0 amide bonds. The first-order chi connectivity index (χ1) is 11.3. The van der Waals surface area contributed by atoms with E-state index in [0.29, 0.717) is 0 Å². The van der Waals surface area contributed by atoms with Crippen LogP contribution in [0.5, 0.6) is 5.75 Å². The van der Waals surface area contributed by atoms with Gasteiger partial charge in [0.05, 0.1) is 28.9 Å². The highest BCUT2D eigenvalue weighted by atomic mass is 32.1. The SMILES string of the molecule is C/C=C(\C=N)c1ccc2scc(Nc3ccccc3OC)c2n1. The minimum Gasteiger partial charge on any atom is -0.495 e. The van der Waals surface area contributed by atoms with Crippen LogP contribution in [0.3, 0.4) is 0 Å². The van der Waals surface area contributed by atoms with Crippen LogP contribution >= 0.6 is 11.3 Å². The molecule has 23 heavy (non-hydrogen) atoms. The van der Waals surface area contributed by atoms with Gasteiger partial charge in [0.1, 0.15) is 11.3 Å². The molecule has 0 fully saturated rings. The van der Waals surface area contributed by atoms with Gasteiger partial charge in [0.25, 0.3) is 0 Å². The van der Waals surface area contributed by atoms with Crippen LogP contribution in [0.4, 0.5) is 11.4 Å². The molecule has 2 N–H and O–H groups in total. The Labute approximate surface area is 139 Å². The number of hydrogen-bond donors (Lipinski definition) is 2. The molecule has 0 unspecified atom stereocenters. The summed E-state index contributed by atoms with van der Waals surface area (Å²) >= 11 is 1.64. The number of hydrogen-bond acceptors (Lipinski definition) is 5. The highest BCUT2D eigenvalue weighted by Crippen LogP contribution is 2.34. The molecule has 3 rings (SSSR count). The Morgan fingerprint density at radius 2 is 2.04 bits per heavy atom. The Morgan fingerprint density at radius 3 is 2.78 bits per heavy atom. The van der Waals surface area contributed by atoms with Crippen molar-refractivity contribution in [3.63, 3.8) is 0 Å². The van der Waals surface area contributed by atoms with Gasteiger partial charge in [0.2, 0.25) is 0 Å². The zero-order chi connectivity index (χ0) is 16.2. The van der Waals surface area contributed by atoms with Gasteiger partial charge in [-0.25, -0.2) is 4.98 Å². The molecule has 0 aliphatic heterocycles. The Kier molecular flexibility index (Phi) is 4.39. The highest BCUT2D eigenvalue weighted by Gasteiger charge is 2.10. The number of fused-ring (bicyclic) bond motifs is 1. The van der Waals surface area contributed by atoms with Crippen LogP contribution in [0.2, 0.25) is 0 Å². The zero-order valence-corrected chi connectivity index (χ0v) is 13.8. The summed E-state index contributed by atoms with van der Waals surface area (Å²) in [7, 11) is 1.66. The van der Waals surface area contributed by atoms with Crippen LogP contribution in [0.1, 0.15) is 12.6 Å². The van der Waals surface area contributed by atoms with Gasteiger partial charge in [-0.3, -0.25) is 0 Å². The number of methoxy groups -OCH3 is 1. The van der Waals surface area contributed by atoms with Crippen LogP contribution < -0.4 is 10.1 Å². The second-order valence-electron chi connectivity index (χ2n) is 4.91. The van der Waals surface area contributed by atoms with Crippen molar-refractivity contribution in [1.29, 1.82) is 5.41 Å². The van der Waals surface area contributed by atoms with E-state index in [1.165, 1.54) is 6.21 Å². The summed E-state index contributed by atoms with van der Waals surface area (Å²) in [5.74, 6) is 0.789. The van der Waals surface area contributed by atoms with E-state index in [-0.39, 0.29) is 0 Å². The molecule has 0 saturated carbocycles. The summed E-state index contributed by atoms with van der Waals surface area (Å²) in [5, 5.41) is 12.9. The summed E-state index contributed by atoms with van der Waals surface area (Å²) in [5.41, 5.74) is 4.36. The minimum atomic E-state index is 0.789. The third-order valence-corrected chi connectivity index (χ3v) is 4.49. The maximum absolute atomic E-state index is 7.49. The second-order valence-corrected chi connectivity index (χ2v) is 5.82. The van der Waals surface area contributed by atoms with Crippen molar-refractivity contribution in [2.24, 2.45) is 0 Å². The summed E-state index contributed by atoms with van der Waals surface area (Å²) in [4.78, 5) is 4.72. The molecule has 0 bridgehead atoms. The van der Waals surface area contributed by atoms with E-state index in [0.717, 1.165) is 38.6 Å². The lowest BCUT2D eigenvalue weighted by molar-refractivity contribution is 0.417. The van der Waals surface area contributed by atoms with Crippen molar-refractivity contribution in [2.75, 3.05) is 12.4 Å². The van der Waals surface area contributed by atoms with Crippen LogP contribution in [-0.2, 0) is 0 Å².